The van der Waals surface area contributed by atoms with Gasteiger partial charge in [-0.1, -0.05) is 11.6 Å². The molecule has 0 fully saturated rings. The van der Waals surface area contributed by atoms with Crippen LogP contribution < -0.4 is 9.41 Å². The SMILES string of the molecule is COc1ccc(Cl)cc1C(=O)/N=c1\sn(C(C)(C)C)cc1C=O. The van der Waals surface area contributed by atoms with Gasteiger partial charge in [-0.2, -0.15) is 4.99 Å². The number of rotatable bonds is 3. The van der Waals surface area contributed by atoms with E-state index in [0.29, 0.717) is 27.3 Å². The Morgan fingerprint density at radius 2 is 2.09 bits per heavy atom. The average molecular weight is 353 g/mol. The van der Waals surface area contributed by atoms with Crippen LogP contribution in [0.15, 0.2) is 29.4 Å². The number of ether oxygens (including phenoxy) is 1. The molecule has 2 aromatic rings. The Balaban J connectivity index is 2.54. The molecule has 23 heavy (non-hydrogen) atoms. The third-order valence-electron chi connectivity index (χ3n) is 3.07. The molecule has 0 unspecified atom stereocenters. The van der Waals surface area contributed by atoms with E-state index in [1.807, 2.05) is 24.7 Å². The molecular weight excluding hydrogens is 336 g/mol. The number of carbonyl (C=O) groups excluding carboxylic acids is 2. The van der Waals surface area contributed by atoms with E-state index in [1.54, 1.807) is 18.3 Å². The zero-order valence-electron chi connectivity index (χ0n) is 13.3. The number of hydrogen-bond donors (Lipinski definition) is 0. The molecule has 0 atom stereocenters. The molecule has 0 aliphatic carbocycles. The van der Waals surface area contributed by atoms with Crippen molar-refractivity contribution >= 4 is 35.3 Å². The number of aldehydes is 1. The predicted octanol–water partition coefficient (Wildman–Crippen LogP) is 3.52. The minimum atomic E-state index is -0.504. The summed E-state index contributed by atoms with van der Waals surface area (Å²) in [4.78, 5) is 27.8. The molecular formula is C16H17ClN2O3S. The van der Waals surface area contributed by atoms with Gasteiger partial charge in [0.25, 0.3) is 5.91 Å². The Bertz CT molecular complexity index is 815. The second kappa shape index (κ2) is 6.68. The van der Waals surface area contributed by atoms with Crippen LogP contribution in [0.4, 0.5) is 0 Å². The molecule has 1 aromatic heterocycles. The van der Waals surface area contributed by atoms with E-state index in [2.05, 4.69) is 4.99 Å². The largest absolute Gasteiger partial charge is 0.496 e. The fourth-order valence-corrected chi connectivity index (χ4v) is 2.98. The van der Waals surface area contributed by atoms with E-state index < -0.39 is 5.91 Å². The van der Waals surface area contributed by atoms with Crippen LogP contribution in [-0.4, -0.2) is 23.3 Å². The van der Waals surface area contributed by atoms with Gasteiger partial charge >= 0.3 is 0 Å². The van der Waals surface area contributed by atoms with E-state index in [-0.39, 0.29) is 11.1 Å². The van der Waals surface area contributed by atoms with E-state index in [0.717, 1.165) is 0 Å². The monoisotopic (exact) mass is 352 g/mol. The fourth-order valence-electron chi connectivity index (χ4n) is 1.85. The molecule has 2 rings (SSSR count). The number of benzene rings is 1. The molecule has 5 nitrogen and oxygen atoms in total. The number of amides is 1. The predicted molar refractivity (Wildman–Crippen MR) is 90.6 cm³/mol. The number of hydrogen-bond acceptors (Lipinski definition) is 4. The topological polar surface area (TPSA) is 60.7 Å². The molecule has 1 aromatic carbocycles. The molecule has 0 aliphatic rings. The summed E-state index contributed by atoms with van der Waals surface area (Å²) in [5.74, 6) is -0.119. The summed E-state index contributed by atoms with van der Waals surface area (Å²) in [5, 5.41) is 0.413. The smallest absolute Gasteiger partial charge is 0.282 e. The van der Waals surface area contributed by atoms with Crippen LogP contribution in [0, 0.1) is 0 Å². The number of aromatic nitrogens is 1. The van der Waals surface area contributed by atoms with Crippen LogP contribution in [0.5, 0.6) is 5.75 Å². The van der Waals surface area contributed by atoms with Crippen molar-refractivity contribution in [2.24, 2.45) is 4.99 Å². The molecule has 0 saturated carbocycles. The lowest BCUT2D eigenvalue weighted by Crippen LogP contribution is -2.18. The molecule has 7 heteroatoms. The van der Waals surface area contributed by atoms with Crippen molar-refractivity contribution in [2.75, 3.05) is 7.11 Å². The van der Waals surface area contributed by atoms with Crippen LogP contribution in [0.1, 0.15) is 41.5 Å². The first kappa shape index (κ1) is 17.4. The highest BCUT2D eigenvalue weighted by Crippen LogP contribution is 2.23. The third-order valence-corrected chi connectivity index (χ3v) is 4.66. The van der Waals surface area contributed by atoms with Crippen molar-refractivity contribution < 1.29 is 14.3 Å². The van der Waals surface area contributed by atoms with Crippen LogP contribution in [0.25, 0.3) is 0 Å². The Hall–Kier alpha value is -1.92. The fraction of sp³-hybridized carbons (Fsp3) is 0.312. The molecule has 0 N–H and O–H groups in total. The van der Waals surface area contributed by atoms with Gasteiger partial charge in [-0.05, 0) is 50.5 Å². The first-order valence-corrected chi connectivity index (χ1v) is 8.02. The van der Waals surface area contributed by atoms with Gasteiger partial charge in [0.15, 0.2) is 6.29 Å². The van der Waals surface area contributed by atoms with Gasteiger partial charge in [-0.25, -0.2) is 0 Å². The lowest BCUT2D eigenvalue weighted by Gasteiger charge is -2.18. The maximum atomic E-state index is 12.4. The van der Waals surface area contributed by atoms with Crippen molar-refractivity contribution in [1.82, 2.24) is 3.96 Å². The summed E-state index contributed by atoms with van der Waals surface area (Å²) < 4.78 is 7.41. The van der Waals surface area contributed by atoms with Gasteiger partial charge in [0.2, 0.25) is 0 Å². The highest BCUT2D eigenvalue weighted by molar-refractivity contribution is 7.04. The summed E-state index contributed by atoms with van der Waals surface area (Å²) in [7, 11) is 1.47. The van der Waals surface area contributed by atoms with Crippen molar-refractivity contribution in [3.8, 4) is 5.75 Å². The maximum absolute atomic E-state index is 12.4. The van der Waals surface area contributed by atoms with Crippen molar-refractivity contribution in [2.45, 2.75) is 26.3 Å². The second-order valence-corrected chi connectivity index (χ2v) is 7.26. The lowest BCUT2D eigenvalue weighted by molar-refractivity contribution is 0.0996. The van der Waals surface area contributed by atoms with Gasteiger partial charge in [0, 0.05) is 16.8 Å². The van der Waals surface area contributed by atoms with Crippen molar-refractivity contribution in [1.29, 1.82) is 0 Å². The summed E-state index contributed by atoms with van der Waals surface area (Å²) in [6.07, 6.45) is 2.39. The molecule has 0 spiro atoms. The minimum Gasteiger partial charge on any atom is -0.496 e. The Morgan fingerprint density at radius 3 is 2.65 bits per heavy atom. The molecule has 0 radical (unpaired) electrons. The molecule has 0 saturated heterocycles. The molecule has 122 valence electrons. The number of nitrogens with zero attached hydrogens (tertiary/aromatic N) is 2. The summed E-state index contributed by atoms with van der Waals surface area (Å²) in [6, 6.07) is 4.74. The Labute approximate surface area is 143 Å². The van der Waals surface area contributed by atoms with Crippen LogP contribution in [0.2, 0.25) is 5.02 Å². The Kier molecular flexibility index (Phi) is 5.06. The molecule has 1 amide bonds. The standard InChI is InChI=1S/C16H17ClN2O3S/c1-16(2,3)19-8-10(9-20)15(23-19)18-14(21)12-7-11(17)5-6-13(12)22-4/h5-9H,1-4H3/b18-15-. The van der Waals surface area contributed by atoms with Gasteiger partial charge in [-0.3, -0.25) is 13.5 Å². The number of halogens is 1. The summed E-state index contributed by atoms with van der Waals surface area (Å²) in [5.41, 5.74) is 0.430. The Morgan fingerprint density at radius 1 is 1.39 bits per heavy atom. The minimum absolute atomic E-state index is 0.201. The second-order valence-electron chi connectivity index (χ2n) is 5.86. The van der Waals surface area contributed by atoms with Crippen LogP contribution in [0.3, 0.4) is 0 Å². The van der Waals surface area contributed by atoms with Gasteiger partial charge < -0.3 is 4.74 Å². The zero-order valence-corrected chi connectivity index (χ0v) is 14.9. The maximum Gasteiger partial charge on any atom is 0.282 e. The quantitative estimate of drug-likeness (QED) is 0.794. The number of carbonyl (C=O) groups is 2. The van der Waals surface area contributed by atoms with Crippen LogP contribution >= 0.6 is 23.1 Å². The highest BCUT2D eigenvalue weighted by Gasteiger charge is 2.17. The van der Waals surface area contributed by atoms with E-state index in [4.69, 9.17) is 16.3 Å². The van der Waals surface area contributed by atoms with Gasteiger partial charge in [-0.15, -0.1) is 0 Å². The van der Waals surface area contributed by atoms with Crippen molar-refractivity contribution in [3.05, 3.63) is 45.2 Å². The summed E-state index contributed by atoms with van der Waals surface area (Å²) >= 11 is 7.19. The first-order chi connectivity index (χ1) is 10.8. The zero-order chi connectivity index (χ0) is 17.2. The van der Waals surface area contributed by atoms with Crippen LogP contribution in [-0.2, 0) is 5.54 Å². The molecule has 0 aliphatic heterocycles. The normalized spacial score (nSPS) is 12.3. The molecule has 1 heterocycles. The van der Waals surface area contributed by atoms with E-state index in [1.165, 1.54) is 24.7 Å². The summed E-state index contributed by atoms with van der Waals surface area (Å²) in [6.45, 7) is 6.01. The van der Waals surface area contributed by atoms with E-state index in [9.17, 15) is 9.59 Å². The van der Waals surface area contributed by atoms with Crippen molar-refractivity contribution in [3.63, 3.8) is 0 Å². The highest BCUT2D eigenvalue weighted by atomic mass is 35.5. The van der Waals surface area contributed by atoms with Gasteiger partial charge in [0.05, 0.1) is 18.2 Å². The third kappa shape index (κ3) is 3.89. The lowest BCUT2D eigenvalue weighted by atomic mass is 10.1. The van der Waals surface area contributed by atoms with Gasteiger partial charge in [0.1, 0.15) is 10.4 Å². The molecule has 0 bridgehead atoms. The first-order valence-electron chi connectivity index (χ1n) is 6.87. The number of methoxy groups -OCH3 is 1. The van der Waals surface area contributed by atoms with E-state index >= 15 is 0 Å². The average Bonchev–Trinajstić information content (AvgIpc) is 2.90.